The van der Waals surface area contributed by atoms with Gasteiger partial charge >= 0.3 is 0 Å². The first kappa shape index (κ1) is 17.2. The average molecular weight is 327 g/mol. The molecule has 6 heteroatoms. The van der Waals surface area contributed by atoms with Gasteiger partial charge in [0.2, 0.25) is 5.91 Å². The van der Waals surface area contributed by atoms with Gasteiger partial charge in [0.1, 0.15) is 0 Å². The quantitative estimate of drug-likeness (QED) is 0.794. The summed E-state index contributed by atoms with van der Waals surface area (Å²) < 4.78 is 5.53. The van der Waals surface area contributed by atoms with Crippen molar-refractivity contribution in [3.8, 4) is 0 Å². The summed E-state index contributed by atoms with van der Waals surface area (Å²) in [6.07, 6.45) is 1.01. The molecule has 0 aliphatic carbocycles. The van der Waals surface area contributed by atoms with Gasteiger partial charge in [-0.15, -0.1) is 0 Å². The van der Waals surface area contributed by atoms with E-state index in [-0.39, 0.29) is 11.8 Å². The van der Waals surface area contributed by atoms with E-state index < -0.39 is 6.10 Å². The molecular weight excluding hydrogens is 304 g/mol. The normalized spacial score (nSPS) is 18.3. The molecule has 0 spiro atoms. The molecule has 0 unspecified atom stereocenters. The van der Waals surface area contributed by atoms with Crippen molar-refractivity contribution in [1.82, 2.24) is 4.90 Å². The first-order valence-electron chi connectivity index (χ1n) is 7.56. The Labute approximate surface area is 136 Å². The number of amides is 1. The first-order chi connectivity index (χ1) is 10.5. The van der Waals surface area contributed by atoms with Crippen LogP contribution < -0.4 is 5.73 Å². The van der Waals surface area contributed by atoms with Crippen molar-refractivity contribution in [2.75, 3.05) is 26.2 Å². The van der Waals surface area contributed by atoms with Crippen LogP contribution in [0.1, 0.15) is 18.4 Å². The highest BCUT2D eigenvalue weighted by molar-refractivity contribution is 6.30. The molecule has 0 radical (unpaired) electrons. The van der Waals surface area contributed by atoms with Gasteiger partial charge in [-0.2, -0.15) is 0 Å². The van der Waals surface area contributed by atoms with Crippen LogP contribution in [0.25, 0.3) is 0 Å². The third kappa shape index (κ3) is 5.57. The van der Waals surface area contributed by atoms with Crippen molar-refractivity contribution >= 4 is 17.5 Å². The maximum absolute atomic E-state index is 11.1. The van der Waals surface area contributed by atoms with Crippen LogP contribution in [0.2, 0.25) is 5.02 Å². The molecule has 1 fully saturated rings. The van der Waals surface area contributed by atoms with Crippen molar-refractivity contribution < 1.29 is 14.6 Å². The molecule has 3 N–H and O–H groups in total. The number of β-amino-alcohol motifs (C(OH)–C–C–N with tert-alkyl or cyclic N) is 1. The van der Waals surface area contributed by atoms with Gasteiger partial charge in [-0.1, -0.05) is 23.7 Å². The van der Waals surface area contributed by atoms with Crippen LogP contribution in [-0.4, -0.2) is 48.3 Å². The molecule has 0 aromatic heterocycles. The molecule has 1 aromatic carbocycles. The van der Waals surface area contributed by atoms with E-state index in [9.17, 15) is 9.90 Å². The van der Waals surface area contributed by atoms with E-state index in [1.165, 1.54) is 0 Å². The van der Waals surface area contributed by atoms with Crippen LogP contribution in [0.5, 0.6) is 0 Å². The van der Waals surface area contributed by atoms with E-state index in [1.807, 2.05) is 24.3 Å². The number of hydrogen-bond acceptors (Lipinski definition) is 4. The van der Waals surface area contributed by atoms with Crippen molar-refractivity contribution in [1.29, 1.82) is 0 Å². The number of hydrogen-bond donors (Lipinski definition) is 2. The Kier molecular flexibility index (Phi) is 6.64. The van der Waals surface area contributed by atoms with E-state index >= 15 is 0 Å². The SMILES string of the molecule is NC(=O)C1CCN(C[C@H](O)COCc2ccc(Cl)cc2)CC1. The highest BCUT2D eigenvalue weighted by atomic mass is 35.5. The van der Waals surface area contributed by atoms with Gasteiger partial charge in [-0.3, -0.25) is 4.79 Å². The van der Waals surface area contributed by atoms with Crippen LogP contribution >= 0.6 is 11.6 Å². The minimum absolute atomic E-state index is 0.0189. The summed E-state index contributed by atoms with van der Waals surface area (Å²) in [7, 11) is 0. The topological polar surface area (TPSA) is 75.8 Å². The Balaban J connectivity index is 1.63. The molecule has 5 nitrogen and oxygen atoms in total. The molecule has 0 saturated carbocycles. The lowest BCUT2D eigenvalue weighted by Gasteiger charge is -2.31. The number of primary amides is 1. The molecule has 1 aliphatic heterocycles. The van der Waals surface area contributed by atoms with Crippen LogP contribution in [-0.2, 0) is 16.1 Å². The van der Waals surface area contributed by atoms with E-state index in [2.05, 4.69) is 4.90 Å². The first-order valence-corrected chi connectivity index (χ1v) is 7.94. The van der Waals surface area contributed by atoms with Crippen LogP contribution in [0.15, 0.2) is 24.3 Å². The lowest BCUT2D eigenvalue weighted by Crippen LogP contribution is -2.42. The number of likely N-dealkylation sites (tertiary alicyclic amines) is 1. The lowest BCUT2D eigenvalue weighted by atomic mass is 9.96. The number of halogens is 1. The van der Waals surface area contributed by atoms with Gasteiger partial charge in [-0.05, 0) is 43.6 Å². The van der Waals surface area contributed by atoms with Crippen molar-refractivity contribution in [2.45, 2.75) is 25.6 Å². The summed E-state index contributed by atoms with van der Waals surface area (Å²) in [6.45, 7) is 2.89. The van der Waals surface area contributed by atoms with Crippen LogP contribution in [0.4, 0.5) is 0 Å². The highest BCUT2D eigenvalue weighted by Gasteiger charge is 2.24. The molecule has 0 bridgehead atoms. The van der Waals surface area contributed by atoms with Crippen molar-refractivity contribution in [3.63, 3.8) is 0 Å². The number of nitrogens with zero attached hydrogens (tertiary/aromatic N) is 1. The largest absolute Gasteiger partial charge is 0.389 e. The third-order valence-electron chi connectivity index (χ3n) is 3.95. The fourth-order valence-electron chi connectivity index (χ4n) is 2.64. The van der Waals surface area contributed by atoms with E-state index in [0.717, 1.165) is 31.5 Å². The van der Waals surface area contributed by atoms with Gasteiger partial charge in [0, 0.05) is 17.5 Å². The Hall–Kier alpha value is -1.14. The van der Waals surface area contributed by atoms with Gasteiger partial charge in [-0.25, -0.2) is 0 Å². The van der Waals surface area contributed by atoms with Gasteiger partial charge < -0.3 is 20.5 Å². The zero-order chi connectivity index (χ0) is 15.9. The molecule has 1 aliphatic rings. The van der Waals surface area contributed by atoms with E-state index in [4.69, 9.17) is 22.1 Å². The molecule has 1 aromatic rings. The summed E-state index contributed by atoms with van der Waals surface area (Å²) in [5.41, 5.74) is 6.34. The molecule has 2 rings (SSSR count). The van der Waals surface area contributed by atoms with Gasteiger partial charge in [0.15, 0.2) is 0 Å². The summed E-state index contributed by atoms with van der Waals surface area (Å²) in [5, 5.41) is 10.7. The highest BCUT2D eigenvalue weighted by Crippen LogP contribution is 2.17. The van der Waals surface area contributed by atoms with Crippen molar-refractivity contribution in [2.24, 2.45) is 11.7 Å². The van der Waals surface area contributed by atoms with E-state index in [1.54, 1.807) is 0 Å². The molecule has 1 amide bonds. The molecule has 22 heavy (non-hydrogen) atoms. The number of carbonyl (C=O) groups is 1. The number of aliphatic hydroxyl groups is 1. The smallest absolute Gasteiger partial charge is 0.220 e. The number of nitrogens with two attached hydrogens (primary N) is 1. The molecular formula is C16H23ClN2O3. The monoisotopic (exact) mass is 326 g/mol. The van der Waals surface area contributed by atoms with E-state index in [0.29, 0.717) is 24.8 Å². The second kappa shape index (κ2) is 8.48. The summed E-state index contributed by atoms with van der Waals surface area (Å²) in [6, 6.07) is 7.45. The second-order valence-corrected chi connectivity index (χ2v) is 6.21. The predicted octanol–water partition coefficient (Wildman–Crippen LogP) is 1.41. The standard InChI is InChI=1S/C16H23ClN2O3/c17-14-3-1-12(2-4-14)10-22-11-15(20)9-19-7-5-13(6-8-19)16(18)21/h1-4,13,15,20H,5-11H2,(H2,18,21)/t15-/m0/s1. The van der Waals surface area contributed by atoms with Crippen LogP contribution in [0.3, 0.4) is 0 Å². The summed E-state index contributed by atoms with van der Waals surface area (Å²) in [4.78, 5) is 13.3. The molecule has 1 heterocycles. The number of aliphatic hydroxyl groups excluding tert-OH is 1. The fraction of sp³-hybridized carbons (Fsp3) is 0.562. The number of rotatable bonds is 7. The molecule has 1 atom stereocenters. The number of carbonyl (C=O) groups excluding carboxylic acids is 1. The Bertz CT molecular complexity index is 473. The summed E-state index contributed by atoms with van der Waals surface area (Å²) >= 11 is 5.82. The van der Waals surface area contributed by atoms with Gasteiger partial charge in [0.05, 0.1) is 19.3 Å². The Morgan fingerprint density at radius 2 is 2.00 bits per heavy atom. The summed E-state index contributed by atoms with van der Waals surface area (Å²) in [5.74, 6) is -0.235. The maximum Gasteiger partial charge on any atom is 0.220 e. The zero-order valence-corrected chi connectivity index (χ0v) is 13.3. The number of benzene rings is 1. The molecule has 1 saturated heterocycles. The minimum Gasteiger partial charge on any atom is -0.389 e. The Morgan fingerprint density at radius 1 is 1.36 bits per heavy atom. The average Bonchev–Trinajstić information content (AvgIpc) is 2.50. The molecule has 122 valence electrons. The zero-order valence-electron chi connectivity index (χ0n) is 12.6. The minimum atomic E-state index is -0.530. The fourth-order valence-corrected chi connectivity index (χ4v) is 2.77. The van der Waals surface area contributed by atoms with Gasteiger partial charge in [0.25, 0.3) is 0 Å². The maximum atomic E-state index is 11.1. The Morgan fingerprint density at radius 3 is 2.59 bits per heavy atom. The second-order valence-electron chi connectivity index (χ2n) is 5.77. The lowest BCUT2D eigenvalue weighted by molar-refractivity contribution is -0.123. The third-order valence-corrected chi connectivity index (χ3v) is 4.20. The van der Waals surface area contributed by atoms with Crippen molar-refractivity contribution in [3.05, 3.63) is 34.9 Å². The predicted molar refractivity (Wildman–Crippen MR) is 85.5 cm³/mol. The number of piperidine rings is 1. The van der Waals surface area contributed by atoms with Crippen LogP contribution in [0, 0.1) is 5.92 Å². The number of ether oxygens (including phenoxy) is 1.